The number of fused-ring (bicyclic) bond motifs is 1. The molecule has 0 bridgehead atoms. The Bertz CT molecular complexity index is 850. The molecule has 0 spiro atoms. The Morgan fingerprint density at radius 1 is 1.17 bits per heavy atom. The number of nitrogens with zero attached hydrogens (tertiary/aromatic N) is 3. The van der Waals surface area contributed by atoms with Crippen LogP contribution in [0.15, 0.2) is 59.2 Å². The molecule has 0 aliphatic carbocycles. The zero-order valence-corrected chi connectivity index (χ0v) is 12.5. The first-order chi connectivity index (χ1) is 11.3. The minimum Gasteiger partial charge on any atom is -0.467 e. The SMILES string of the molecule is N#CCCN(Cc1ccco1)C(=O)c1ccc2ccccc2n1. The largest absolute Gasteiger partial charge is 0.467 e. The number of hydrogen-bond acceptors (Lipinski definition) is 4. The van der Waals surface area contributed by atoms with Crippen LogP contribution < -0.4 is 0 Å². The standard InChI is InChI=1S/C18H15N3O2/c19-10-4-11-21(13-15-6-3-12-23-15)18(22)17-9-8-14-5-1-2-7-16(14)20-17/h1-3,5-9,12H,4,11,13H2. The Kier molecular flexibility index (Phi) is 4.34. The maximum atomic E-state index is 12.7. The summed E-state index contributed by atoms with van der Waals surface area (Å²) >= 11 is 0. The first-order valence-electron chi connectivity index (χ1n) is 7.32. The number of carbonyl (C=O) groups is 1. The Morgan fingerprint density at radius 3 is 2.83 bits per heavy atom. The number of pyridine rings is 1. The van der Waals surface area contributed by atoms with Gasteiger partial charge in [0.2, 0.25) is 0 Å². The Labute approximate surface area is 133 Å². The molecule has 0 fully saturated rings. The number of rotatable bonds is 5. The molecular weight excluding hydrogens is 290 g/mol. The zero-order chi connectivity index (χ0) is 16.1. The molecule has 0 saturated carbocycles. The number of benzene rings is 1. The summed E-state index contributed by atoms with van der Waals surface area (Å²) in [6, 6.07) is 16.9. The third-order valence-electron chi connectivity index (χ3n) is 3.53. The van der Waals surface area contributed by atoms with Crippen molar-refractivity contribution in [3.05, 3.63) is 66.2 Å². The van der Waals surface area contributed by atoms with Gasteiger partial charge >= 0.3 is 0 Å². The fourth-order valence-electron chi connectivity index (χ4n) is 2.38. The highest BCUT2D eigenvalue weighted by molar-refractivity contribution is 5.94. The molecule has 0 saturated heterocycles. The maximum Gasteiger partial charge on any atom is 0.272 e. The lowest BCUT2D eigenvalue weighted by molar-refractivity contribution is 0.0730. The topological polar surface area (TPSA) is 70.1 Å². The first-order valence-corrected chi connectivity index (χ1v) is 7.32. The van der Waals surface area contributed by atoms with Crippen molar-refractivity contribution in [3.63, 3.8) is 0 Å². The Morgan fingerprint density at radius 2 is 2.04 bits per heavy atom. The van der Waals surface area contributed by atoms with Crippen molar-refractivity contribution in [1.82, 2.24) is 9.88 Å². The van der Waals surface area contributed by atoms with Gasteiger partial charge in [-0.25, -0.2) is 4.98 Å². The molecule has 23 heavy (non-hydrogen) atoms. The van der Waals surface area contributed by atoms with E-state index in [4.69, 9.17) is 9.68 Å². The Balaban J connectivity index is 1.87. The van der Waals surface area contributed by atoms with Crippen molar-refractivity contribution in [2.24, 2.45) is 0 Å². The van der Waals surface area contributed by atoms with E-state index >= 15 is 0 Å². The van der Waals surface area contributed by atoms with E-state index in [1.807, 2.05) is 30.3 Å². The van der Waals surface area contributed by atoms with E-state index in [2.05, 4.69) is 11.1 Å². The predicted octanol–water partition coefficient (Wildman–Crippen LogP) is 3.38. The lowest BCUT2D eigenvalue weighted by Gasteiger charge is -2.20. The number of hydrogen-bond donors (Lipinski definition) is 0. The van der Waals surface area contributed by atoms with E-state index < -0.39 is 0 Å². The first kappa shape index (κ1) is 14.8. The Hall–Kier alpha value is -3.13. The summed E-state index contributed by atoms with van der Waals surface area (Å²) in [5.41, 5.74) is 1.14. The van der Waals surface area contributed by atoms with Crippen LogP contribution in [0.25, 0.3) is 10.9 Å². The zero-order valence-electron chi connectivity index (χ0n) is 12.5. The van der Waals surface area contributed by atoms with Crippen LogP contribution in [0.4, 0.5) is 0 Å². The lowest BCUT2D eigenvalue weighted by Crippen LogP contribution is -2.31. The minimum atomic E-state index is -0.206. The van der Waals surface area contributed by atoms with Gasteiger partial charge in [-0.3, -0.25) is 4.79 Å². The normalized spacial score (nSPS) is 10.4. The van der Waals surface area contributed by atoms with Crippen LogP contribution in [0.2, 0.25) is 0 Å². The second-order valence-corrected chi connectivity index (χ2v) is 5.10. The van der Waals surface area contributed by atoms with Crippen LogP contribution in [0, 0.1) is 11.3 Å². The molecule has 3 aromatic rings. The summed E-state index contributed by atoms with van der Waals surface area (Å²) in [6.45, 7) is 0.659. The summed E-state index contributed by atoms with van der Waals surface area (Å²) < 4.78 is 5.30. The molecule has 5 heteroatoms. The third-order valence-corrected chi connectivity index (χ3v) is 3.53. The van der Waals surface area contributed by atoms with E-state index in [9.17, 15) is 4.79 Å². The van der Waals surface area contributed by atoms with E-state index in [-0.39, 0.29) is 12.3 Å². The molecule has 0 N–H and O–H groups in total. The monoisotopic (exact) mass is 305 g/mol. The molecule has 114 valence electrons. The number of amides is 1. The predicted molar refractivity (Wildman–Crippen MR) is 85.4 cm³/mol. The molecule has 0 unspecified atom stereocenters. The van der Waals surface area contributed by atoms with Gasteiger partial charge in [0, 0.05) is 11.9 Å². The second-order valence-electron chi connectivity index (χ2n) is 5.10. The molecule has 1 aromatic carbocycles. The molecule has 2 heterocycles. The van der Waals surface area contributed by atoms with Gasteiger partial charge in [-0.05, 0) is 24.3 Å². The van der Waals surface area contributed by atoms with E-state index in [0.29, 0.717) is 24.5 Å². The van der Waals surface area contributed by atoms with E-state index in [1.165, 1.54) is 0 Å². The van der Waals surface area contributed by atoms with E-state index in [1.54, 1.807) is 29.4 Å². The van der Waals surface area contributed by atoms with Gasteiger partial charge in [0.25, 0.3) is 5.91 Å². The molecular formula is C18H15N3O2. The fourth-order valence-corrected chi connectivity index (χ4v) is 2.38. The number of para-hydroxylation sites is 1. The van der Waals surface area contributed by atoms with Crippen LogP contribution >= 0.6 is 0 Å². The number of furan rings is 1. The quantitative estimate of drug-likeness (QED) is 0.724. The van der Waals surface area contributed by atoms with Gasteiger partial charge in [-0.2, -0.15) is 5.26 Å². The molecule has 5 nitrogen and oxygen atoms in total. The summed E-state index contributed by atoms with van der Waals surface area (Å²) in [6.07, 6.45) is 1.83. The van der Waals surface area contributed by atoms with Crippen molar-refractivity contribution >= 4 is 16.8 Å². The van der Waals surface area contributed by atoms with E-state index in [0.717, 1.165) is 10.9 Å². The average Bonchev–Trinajstić information content (AvgIpc) is 3.10. The molecule has 2 aromatic heterocycles. The van der Waals surface area contributed by atoms with Crippen LogP contribution in [0.5, 0.6) is 0 Å². The van der Waals surface area contributed by atoms with Gasteiger partial charge < -0.3 is 9.32 Å². The number of nitriles is 1. The summed E-state index contributed by atoms with van der Waals surface area (Å²) in [5.74, 6) is 0.472. The lowest BCUT2D eigenvalue weighted by atomic mass is 10.2. The van der Waals surface area contributed by atoms with Crippen molar-refractivity contribution < 1.29 is 9.21 Å². The molecule has 3 rings (SSSR count). The molecule has 0 atom stereocenters. The molecule has 0 aliphatic heterocycles. The minimum absolute atomic E-state index is 0.206. The highest BCUT2D eigenvalue weighted by atomic mass is 16.3. The molecule has 0 radical (unpaired) electrons. The highest BCUT2D eigenvalue weighted by Crippen LogP contribution is 2.15. The van der Waals surface area contributed by atoms with Gasteiger partial charge in [0.1, 0.15) is 11.5 Å². The van der Waals surface area contributed by atoms with Crippen molar-refractivity contribution in [2.45, 2.75) is 13.0 Å². The number of carbonyl (C=O) groups excluding carboxylic acids is 1. The summed E-state index contributed by atoms with van der Waals surface area (Å²) in [7, 11) is 0. The van der Waals surface area contributed by atoms with Crippen LogP contribution in [0.3, 0.4) is 0 Å². The van der Waals surface area contributed by atoms with Crippen molar-refractivity contribution in [2.75, 3.05) is 6.54 Å². The fraction of sp³-hybridized carbons (Fsp3) is 0.167. The van der Waals surface area contributed by atoms with Crippen molar-refractivity contribution in [3.8, 4) is 6.07 Å². The van der Waals surface area contributed by atoms with Crippen molar-refractivity contribution in [1.29, 1.82) is 5.26 Å². The van der Waals surface area contributed by atoms with Gasteiger partial charge in [-0.15, -0.1) is 0 Å². The van der Waals surface area contributed by atoms with Crippen LogP contribution in [0.1, 0.15) is 22.7 Å². The van der Waals surface area contributed by atoms with Gasteiger partial charge in [0.05, 0.1) is 30.8 Å². The summed E-state index contributed by atoms with van der Waals surface area (Å²) in [4.78, 5) is 18.7. The van der Waals surface area contributed by atoms with Gasteiger partial charge in [0.15, 0.2) is 0 Å². The molecule has 0 aliphatic rings. The highest BCUT2D eigenvalue weighted by Gasteiger charge is 2.18. The van der Waals surface area contributed by atoms with Gasteiger partial charge in [-0.1, -0.05) is 24.3 Å². The third kappa shape index (κ3) is 3.38. The van der Waals surface area contributed by atoms with Crippen LogP contribution in [-0.4, -0.2) is 22.3 Å². The maximum absolute atomic E-state index is 12.7. The second kappa shape index (κ2) is 6.75. The summed E-state index contributed by atoms with van der Waals surface area (Å²) in [5, 5.41) is 9.79. The average molecular weight is 305 g/mol. The smallest absolute Gasteiger partial charge is 0.272 e. The van der Waals surface area contributed by atoms with Crippen LogP contribution in [-0.2, 0) is 6.54 Å². The number of aromatic nitrogens is 1. The molecule has 1 amide bonds.